The van der Waals surface area contributed by atoms with E-state index in [0.717, 1.165) is 10.6 Å². The Labute approximate surface area is 63.2 Å². The minimum Gasteiger partial charge on any atom is -0.237 e. The van der Waals surface area contributed by atoms with Crippen molar-refractivity contribution in [2.75, 3.05) is 0 Å². The van der Waals surface area contributed by atoms with Crippen LogP contribution in [0.2, 0.25) is 0 Å². The summed E-state index contributed by atoms with van der Waals surface area (Å²) in [4.78, 5) is 14.2. The van der Waals surface area contributed by atoms with Gasteiger partial charge in [0.05, 0.1) is 5.36 Å². The minimum absolute atomic E-state index is 0.361. The molecule has 1 aliphatic heterocycles. The Morgan fingerprint density at radius 1 is 1.55 bits per heavy atom. The van der Waals surface area contributed by atoms with Crippen LogP contribution < -0.4 is 10.6 Å². The van der Waals surface area contributed by atoms with E-state index < -0.39 is 0 Å². The molecular weight excluding hydrogens is 138 g/mol. The number of carbonyl (C=O) groups excluding carboxylic acids is 1. The van der Waals surface area contributed by atoms with Crippen molar-refractivity contribution in [1.29, 1.82) is 0 Å². The average Bonchev–Trinajstić information content (AvgIpc) is 2.46. The van der Waals surface area contributed by atoms with Crippen LogP contribution >= 0.6 is 0 Å². The third-order valence-corrected chi connectivity index (χ3v) is 1.51. The molecule has 0 unspecified atom stereocenters. The van der Waals surface area contributed by atoms with E-state index in [1.165, 1.54) is 0 Å². The maximum atomic E-state index is 10.2. The van der Waals surface area contributed by atoms with Gasteiger partial charge in [-0.1, -0.05) is 6.07 Å². The lowest BCUT2D eigenvalue weighted by Gasteiger charge is -1.76. The molecule has 0 saturated heterocycles. The van der Waals surface area contributed by atoms with Crippen molar-refractivity contribution >= 4 is 12.0 Å². The molecule has 0 saturated carbocycles. The third-order valence-electron chi connectivity index (χ3n) is 1.51. The standard InChI is InChI=1S/C9H4NO/c11-6-8-5-7-3-1-2-4-9(7)10-8/h2-5H. The third kappa shape index (κ3) is 0.896. The zero-order chi connectivity index (χ0) is 7.68. The normalized spacial score (nSPS) is 12.9. The van der Waals surface area contributed by atoms with Gasteiger partial charge in [0, 0.05) is 5.22 Å². The summed E-state index contributed by atoms with van der Waals surface area (Å²) in [6, 6.07) is 8.28. The fourth-order valence-electron chi connectivity index (χ4n) is 1.01. The Kier molecular flexibility index (Phi) is 1.21. The summed E-state index contributed by atoms with van der Waals surface area (Å²) in [7, 11) is 0. The van der Waals surface area contributed by atoms with Crippen molar-refractivity contribution in [3.05, 3.63) is 40.5 Å². The fourth-order valence-corrected chi connectivity index (χ4v) is 1.01. The van der Waals surface area contributed by atoms with E-state index in [2.05, 4.69) is 11.1 Å². The number of hydrogen-bond donors (Lipinski definition) is 0. The van der Waals surface area contributed by atoms with Crippen LogP contribution in [0.1, 0.15) is 0 Å². The van der Waals surface area contributed by atoms with E-state index >= 15 is 0 Å². The van der Waals surface area contributed by atoms with Crippen molar-refractivity contribution < 1.29 is 4.79 Å². The van der Waals surface area contributed by atoms with Gasteiger partial charge in [-0.2, -0.15) is 0 Å². The number of hydrogen-bond acceptors (Lipinski definition) is 2. The zero-order valence-corrected chi connectivity index (χ0v) is 5.66. The van der Waals surface area contributed by atoms with Gasteiger partial charge in [0.2, 0.25) is 0 Å². The lowest BCUT2D eigenvalue weighted by molar-refractivity contribution is 0.567. The summed E-state index contributed by atoms with van der Waals surface area (Å²) < 4.78 is 0. The fraction of sp³-hybridized carbons (Fsp3) is 0. The SMILES string of the molecule is O=C=C1C=c2c[c]ccc2=N1. The summed E-state index contributed by atoms with van der Waals surface area (Å²) in [5.74, 6) is 1.74. The highest BCUT2D eigenvalue weighted by atomic mass is 16.1. The van der Waals surface area contributed by atoms with Gasteiger partial charge in [0.1, 0.15) is 5.70 Å². The predicted molar refractivity (Wildman–Crippen MR) is 39.7 cm³/mol. The molecule has 11 heavy (non-hydrogen) atoms. The molecule has 0 fully saturated rings. The van der Waals surface area contributed by atoms with E-state index in [-0.39, 0.29) is 0 Å². The van der Waals surface area contributed by atoms with Gasteiger partial charge in [0.25, 0.3) is 0 Å². The predicted octanol–water partition coefficient (Wildman–Crippen LogP) is -0.384. The minimum atomic E-state index is 0.361. The van der Waals surface area contributed by atoms with Crippen molar-refractivity contribution in [3.8, 4) is 0 Å². The Balaban J connectivity index is 2.91. The molecule has 0 aromatic heterocycles. The molecule has 51 valence electrons. The van der Waals surface area contributed by atoms with Crippen LogP contribution in [0.25, 0.3) is 6.08 Å². The van der Waals surface area contributed by atoms with Crippen molar-refractivity contribution in [1.82, 2.24) is 0 Å². The molecule has 1 radical (unpaired) electrons. The Hall–Kier alpha value is -1.66. The zero-order valence-electron chi connectivity index (χ0n) is 5.66. The van der Waals surface area contributed by atoms with Gasteiger partial charge in [-0.05, 0) is 24.3 Å². The molecular formula is C9H4NO. The van der Waals surface area contributed by atoms with Crippen LogP contribution in [0.15, 0.2) is 28.9 Å². The molecule has 2 nitrogen and oxygen atoms in total. The lowest BCUT2D eigenvalue weighted by Crippen LogP contribution is -2.19. The van der Waals surface area contributed by atoms with E-state index in [1.54, 1.807) is 24.2 Å². The number of fused-ring (bicyclic) bond motifs is 1. The monoisotopic (exact) mass is 142 g/mol. The first-order valence-electron chi connectivity index (χ1n) is 3.22. The first kappa shape index (κ1) is 6.08. The van der Waals surface area contributed by atoms with Gasteiger partial charge < -0.3 is 0 Å². The van der Waals surface area contributed by atoms with Crippen LogP contribution in [0.5, 0.6) is 0 Å². The number of nitrogens with zero attached hydrogens (tertiary/aromatic N) is 1. The molecule has 1 heterocycles. The average molecular weight is 142 g/mol. The summed E-state index contributed by atoms with van der Waals surface area (Å²) in [6.07, 6.45) is 1.69. The quantitative estimate of drug-likeness (QED) is 0.454. The molecule has 0 aliphatic carbocycles. The molecule has 2 heteroatoms. The van der Waals surface area contributed by atoms with Crippen LogP contribution in [-0.4, -0.2) is 5.94 Å². The van der Waals surface area contributed by atoms with Crippen LogP contribution in [-0.2, 0) is 4.79 Å². The number of rotatable bonds is 0. The van der Waals surface area contributed by atoms with Crippen molar-refractivity contribution in [2.45, 2.75) is 0 Å². The lowest BCUT2D eigenvalue weighted by atomic mass is 10.3. The molecule has 0 N–H and O–H groups in total. The smallest absolute Gasteiger partial charge is 0.152 e. The highest BCUT2D eigenvalue weighted by Crippen LogP contribution is 1.93. The topological polar surface area (TPSA) is 29.4 Å². The van der Waals surface area contributed by atoms with Crippen LogP contribution in [0.4, 0.5) is 0 Å². The molecule has 1 aliphatic rings. The second-order valence-electron chi connectivity index (χ2n) is 2.23. The summed E-state index contributed by atoms with van der Waals surface area (Å²) in [5, 5.41) is 1.76. The molecule has 1 aromatic carbocycles. The van der Waals surface area contributed by atoms with E-state index in [9.17, 15) is 4.79 Å². The maximum Gasteiger partial charge on any atom is 0.152 e. The highest BCUT2D eigenvalue weighted by molar-refractivity contribution is 5.68. The molecule has 0 bridgehead atoms. The number of benzene rings is 1. The molecule has 0 atom stereocenters. The largest absolute Gasteiger partial charge is 0.237 e. The van der Waals surface area contributed by atoms with Crippen molar-refractivity contribution in [3.63, 3.8) is 0 Å². The number of allylic oxidation sites excluding steroid dienone is 1. The van der Waals surface area contributed by atoms with Crippen molar-refractivity contribution in [2.24, 2.45) is 4.99 Å². The Bertz CT molecular complexity index is 416. The van der Waals surface area contributed by atoms with Gasteiger partial charge in [-0.3, -0.25) is 0 Å². The highest BCUT2D eigenvalue weighted by Gasteiger charge is 1.98. The molecule has 1 aromatic rings. The van der Waals surface area contributed by atoms with Crippen LogP contribution in [0.3, 0.4) is 0 Å². The van der Waals surface area contributed by atoms with Gasteiger partial charge >= 0.3 is 0 Å². The maximum absolute atomic E-state index is 10.2. The second kappa shape index (κ2) is 2.19. The molecule has 2 rings (SSSR count). The Morgan fingerprint density at radius 3 is 3.18 bits per heavy atom. The Morgan fingerprint density at radius 2 is 2.45 bits per heavy atom. The summed E-state index contributed by atoms with van der Waals surface area (Å²) >= 11 is 0. The van der Waals surface area contributed by atoms with Gasteiger partial charge in [-0.15, -0.1) is 0 Å². The first-order valence-corrected chi connectivity index (χ1v) is 3.22. The van der Waals surface area contributed by atoms with Crippen LogP contribution in [0, 0.1) is 6.07 Å². The summed E-state index contributed by atoms with van der Waals surface area (Å²) in [6.45, 7) is 0. The second-order valence-corrected chi connectivity index (χ2v) is 2.23. The van der Waals surface area contributed by atoms with E-state index in [0.29, 0.717) is 5.70 Å². The summed E-state index contributed by atoms with van der Waals surface area (Å²) in [5.41, 5.74) is 0.361. The molecule has 0 amide bonds. The first-order chi connectivity index (χ1) is 5.40. The van der Waals surface area contributed by atoms with E-state index in [4.69, 9.17) is 0 Å². The van der Waals surface area contributed by atoms with E-state index in [1.807, 2.05) is 6.07 Å². The van der Waals surface area contributed by atoms with Gasteiger partial charge in [0.15, 0.2) is 5.94 Å². The van der Waals surface area contributed by atoms with Gasteiger partial charge in [-0.25, -0.2) is 9.79 Å². The molecule has 0 spiro atoms.